The van der Waals surface area contributed by atoms with E-state index in [1.807, 2.05) is 24.7 Å². The number of aromatic nitrogens is 1. The molecule has 2 bridgehead atoms. The van der Waals surface area contributed by atoms with Gasteiger partial charge < -0.3 is 0 Å². The molecular weight excluding hydrogens is 354 g/mol. The zero-order valence-corrected chi connectivity index (χ0v) is 16.6. The first kappa shape index (κ1) is 18.3. The van der Waals surface area contributed by atoms with Crippen molar-refractivity contribution in [2.75, 3.05) is 13.1 Å². The third-order valence-electron chi connectivity index (χ3n) is 6.57. The molecular formula is C26H27N3. The highest BCUT2D eigenvalue weighted by Crippen LogP contribution is 2.43. The van der Waals surface area contributed by atoms with Crippen LogP contribution in [0.15, 0.2) is 90.2 Å². The molecule has 0 radical (unpaired) electrons. The minimum atomic E-state index is 0.308. The van der Waals surface area contributed by atoms with Crippen LogP contribution in [0.3, 0.4) is 0 Å². The van der Waals surface area contributed by atoms with Crippen molar-refractivity contribution in [3.63, 3.8) is 0 Å². The smallest absolute Gasteiger partial charge is 0.0693 e. The van der Waals surface area contributed by atoms with Gasteiger partial charge in [-0.25, -0.2) is 0 Å². The van der Waals surface area contributed by atoms with Crippen molar-refractivity contribution >= 4 is 6.21 Å². The van der Waals surface area contributed by atoms with Crippen LogP contribution in [-0.4, -0.2) is 41.3 Å². The summed E-state index contributed by atoms with van der Waals surface area (Å²) in [5.41, 5.74) is 3.86. The summed E-state index contributed by atoms with van der Waals surface area (Å²) in [5.74, 6) is 0.990. The Kier molecular flexibility index (Phi) is 5.23. The highest BCUT2D eigenvalue weighted by molar-refractivity contribution is 5.79. The Morgan fingerprint density at radius 2 is 1.52 bits per heavy atom. The molecule has 3 saturated heterocycles. The fourth-order valence-corrected chi connectivity index (χ4v) is 5.20. The van der Waals surface area contributed by atoms with E-state index >= 15 is 0 Å². The van der Waals surface area contributed by atoms with Gasteiger partial charge in [-0.1, -0.05) is 66.7 Å². The van der Waals surface area contributed by atoms with Gasteiger partial charge in [-0.05, 0) is 49.0 Å². The lowest BCUT2D eigenvalue weighted by Crippen LogP contribution is -2.59. The Morgan fingerprint density at radius 1 is 0.862 bits per heavy atom. The Balaban J connectivity index is 1.56. The monoisotopic (exact) mass is 381 g/mol. The minimum absolute atomic E-state index is 0.308. The maximum atomic E-state index is 5.18. The van der Waals surface area contributed by atoms with E-state index in [0.29, 0.717) is 23.9 Å². The summed E-state index contributed by atoms with van der Waals surface area (Å²) in [4.78, 5) is 12.1. The van der Waals surface area contributed by atoms with E-state index in [9.17, 15) is 0 Å². The van der Waals surface area contributed by atoms with Crippen LogP contribution >= 0.6 is 0 Å². The van der Waals surface area contributed by atoms with Gasteiger partial charge in [0.2, 0.25) is 0 Å². The molecule has 2 aromatic carbocycles. The second-order valence-corrected chi connectivity index (χ2v) is 8.22. The van der Waals surface area contributed by atoms with Crippen LogP contribution in [0.2, 0.25) is 0 Å². The highest BCUT2D eigenvalue weighted by Gasteiger charge is 2.46. The molecule has 0 amide bonds. The number of aliphatic imine (C=N–C) groups is 1. The number of hydrogen-bond donors (Lipinski definition) is 0. The normalized spacial score (nSPS) is 26.2. The number of benzene rings is 2. The van der Waals surface area contributed by atoms with Crippen molar-refractivity contribution in [2.45, 2.75) is 30.8 Å². The first-order chi connectivity index (χ1) is 14.4. The Morgan fingerprint density at radius 3 is 2.10 bits per heavy atom. The molecule has 0 N–H and O–H groups in total. The molecule has 3 aromatic rings. The van der Waals surface area contributed by atoms with E-state index in [-0.39, 0.29) is 0 Å². The van der Waals surface area contributed by atoms with Crippen molar-refractivity contribution < 1.29 is 0 Å². The van der Waals surface area contributed by atoms with Gasteiger partial charge in [-0.2, -0.15) is 0 Å². The summed E-state index contributed by atoms with van der Waals surface area (Å²) in [6.45, 7) is 2.37. The van der Waals surface area contributed by atoms with Gasteiger partial charge in [0.05, 0.1) is 6.04 Å². The van der Waals surface area contributed by atoms with Crippen molar-refractivity contribution in [2.24, 2.45) is 10.9 Å². The lowest BCUT2D eigenvalue weighted by atomic mass is 9.71. The average molecular weight is 382 g/mol. The van der Waals surface area contributed by atoms with E-state index in [1.165, 1.54) is 37.1 Å². The predicted molar refractivity (Wildman–Crippen MR) is 118 cm³/mol. The Hall–Kier alpha value is -2.78. The summed E-state index contributed by atoms with van der Waals surface area (Å²) >= 11 is 0. The van der Waals surface area contributed by atoms with Gasteiger partial charge in [0.1, 0.15) is 0 Å². The third-order valence-corrected chi connectivity index (χ3v) is 6.57. The van der Waals surface area contributed by atoms with Crippen LogP contribution in [0.1, 0.15) is 35.4 Å². The van der Waals surface area contributed by atoms with E-state index in [1.54, 1.807) is 0 Å². The zero-order chi connectivity index (χ0) is 19.5. The van der Waals surface area contributed by atoms with Gasteiger partial charge >= 0.3 is 0 Å². The predicted octanol–water partition coefficient (Wildman–Crippen LogP) is 4.80. The van der Waals surface area contributed by atoms with Crippen LogP contribution in [0, 0.1) is 5.92 Å². The maximum Gasteiger partial charge on any atom is 0.0693 e. The van der Waals surface area contributed by atoms with E-state index in [4.69, 9.17) is 4.99 Å². The molecule has 4 heterocycles. The summed E-state index contributed by atoms with van der Waals surface area (Å²) in [6.07, 6.45) is 8.25. The van der Waals surface area contributed by atoms with Crippen molar-refractivity contribution in [1.29, 1.82) is 0 Å². The lowest BCUT2D eigenvalue weighted by molar-refractivity contribution is 0.0215. The number of fused-ring (bicyclic) bond motifs is 3. The molecule has 6 rings (SSSR count). The Bertz CT molecular complexity index is 892. The Labute approximate surface area is 173 Å². The van der Waals surface area contributed by atoms with E-state index in [0.717, 1.165) is 5.56 Å². The molecule has 3 aliphatic rings. The van der Waals surface area contributed by atoms with Crippen LogP contribution in [-0.2, 0) is 0 Å². The molecule has 3 heteroatoms. The first-order valence-electron chi connectivity index (χ1n) is 10.7. The fourth-order valence-electron chi connectivity index (χ4n) is 5.20. The van der Waals surface area contributed by atoms with Crippen molar-refractivity contribution in [3.8, 4) is 0 Å². The largest absolute Gasteiger partial charge is 0.297 e. The summed E-state index contributed by atoms with van der Waals surface area (Å²) in [6, 6.07) is 26.7. The van der Waals surface area contributed by atoms with E-state index in [2.05, 4.69) is 76.6 Å². The molecule has 3 nitrogen and oxygen atoms in total. The zero-order valence-electron chi connectivity index (χ0n) is 16.6. The fraction of sp³-hybridized carbons (Fsp3) is 0.308. The molecule has 0 aliphatic carbocycles. The molecule has 1 aromatic heterocycles. The molecule has 0 unspecified atom stereocenters. The molecule has 0 saturated carbocycles. The average Bonchev–Trinajstić information content (AvgIpc) is 2.81. The summed E-state index contributed by atoms with van der Waals surface area (Å²) in [5, 5.41) is 0. The molecule has 29 heavy (non-hydrogen) atoms. The number of piperidine rings is 3. The third kappa shape index (κ3) is 3.75. The summed E-state index contributed by atoms with van der Waals surface area (Å²) < 4.78 is 0. The van der Waals surface area contributed by atoms with Gasteiger partial charge in [0, 0.05) is 36.1 Å². The van der Waals surface area contributed by atoms with Crippen molar-refractivity contribution in [1.82, 2.24) is 9.88 Å². The molecule has 2 atom stereocenters. The molecule has 3 fully saturated rings. The van der Waals surface area contributed by atoms with Gasteiger partial charge in [-0.15, -0.1) is 0 Å². The molecule has 146 valence electrons. The van der Waals surface area contributed by atoms with Crippen LogP contribution in [0.5, 0.6) is 0 Å². The summed E-state index contributed by atoms with van der Waals surface area (Å²) in [7, 11) is 0. The van der Waals surface area contributed by atoms with Gasteiger partial charge in [0.25, 0.3) is 0 Å². The number of nitrogens with zero attached hydrogens (tertiary/aromatic N) is 3. The number of hydrogen-bond acceptors (Lipinski definition) is 3. The number of pyridine rings is 1. The van der Waals surface area contributed by atoms with Gasteiger partial charge in [-0.3, -0.25) is 14.9 Å². The van der Waals surface area contributed by atoms with Crippen LogP contribution in [0.25, 0.3) is 0 Å². The highest BCUT2D eigenvalue weighted by atomic mass is 15.2. The second-order valence-electron chi connectivity index (χ2n) is 8.22. The van der Waals surface area contributed by atoms with Crippen LogP contribution < -0.4 is 0 Å². The standard InChI is InChI=1S/C26H27N3/c1-3-9-21(10-4-1)24(22-11-5-2-6-12-22)26-25(23-13-16-29(26)17-14-23)28-19-20-8-7-15-27-18-20/h1-12,15,18-19,23-26H,13-14,16-17H2/t25-,26-/m1/s1. The van der Waals surface area contributed by atoms with Gasteiger partial charge in [0.15, 0.2) is 0 Å². The number of rotatable bonds is 5. The lowest BCUT2D eigenvalue weighted by Gasteiger charge is -2.52. The van der Waals surface area contributed by atoms with Crippen LogP contribution in [0.4, 0.5) is 0 Å². The maximum absolute atomic E-state index is 5.18. The molecule has 0 spiro atoms. The SMILES string of the molecule is C(=N[C@@H]1C2CCN(CC2)[C@@H]1C(c1ccccc1)c1ccccc1)c1cccnc1. The minimum Gasteiger partial charge on any atom is -0.297 e. The van der Waals surface area contributed by atoms with E-state index < -0.39 is 0 Å². The first-order valence-corrected chi connectivity index (χ1v) is 10.7. The van der Waals surface area contributed by atoms with Crippen molar-refractivity contribution in [3.05, 3.63) is 102 Å². The molecule has 3 aliphatic heterocycles. The topological polar surface area (TPSA) is 28.5 Å². The quantitative estimate of drug-likeness (QED) is 0.594. The second kappa shape index (κ2) is 8.30.